The Morgan fingerprint density at radius 1 is 1.40 bits per heavy atom. The van der Waals surface area contributed by atoms with E-state index >= 15 is 0 Å². The summed E-state index contributed by atoms with van der Waals surface area (Å²) in [5.41, 5.74) is 1.12. The first-order valence-corrected chi connectivity index (χ1v) is 5.90. The Morgan fingerprint density at radius 3 is 2.47 bits per heavy atom. The molecule has 0 fully saturated rings. The van der Waals surface area contributed by atoms with Crippen molar-refractivity contribution in [1.82, 2.24) is 0 Å². The number of carboxylic acids is 1. The lowest BCUT2D eigenvalue weighted by Crippen LogP contribution is -2.00. The maximum Gasteiger partial charge on any atom is 0.335 e. The Kier molecular flexibility index (Phi) is 4.24. The topological polar surface area (TPSA) is 54.4 Å². The average molecular weight is 224 g/mol. The monoisotopic (exact) mass is 224 g/mol. The van der Waals surface area contributed by atoms with E-state index in [0.717, 1.165) is 5.56 Å². The molecule has 0 saturated carbocycles. The molecule has 1 atom stereocenters. The summed E-state index contributed by atoms with van der Waals surface area (Å²) in [7, 11) is -0.954. The first-order valence-electron chi connectivity index (χ1n) is 4.41. The van der Waals surface area contributed by atoms with Gasteiger partial charge in [0.1, 0.15) is 0 Å². The van der Waals surface area contributed by atoms with Gasteiger partial charge in [0.15, 0.2) is 0 Å². The minimum absolute atomic E-state index is 0.244. The summed E-state index contributed by atoms with van der Waals surface area (Å²) < 4.78 is 11.4. The van der Waals surface area contributed by atoms with Gasteiger partial charge in [0.2, 0.25) is 0 Å². The van der Waals surface area contributed by atoms with Crippen molar-refractivity contribution in [2.24, 2.45) is 0 Å². The minimum Gasteiger partial charge on any atom is -0.478 e. The van der Waals surface area contributed by atoms with Crippen LogP contribution in [-0.4, -0.2) is 21.0 Å². The Labute approximate surface area is 90.9 Å². The molecular weight excluding hydrogens is 212 g/mol. The molecule has 0 amide bonds. The van der Waals surface area contributed by atoms with Gasteiger partial charge in [0, 0.05) is 22.3 Å². The number of benzene rings is 1. The largest absolute Gasteiger partial charge is 0.478 e. The number of aromatic carboxylic acids is 1. The normalized spacial score (nSPS) is 12.0. The van der Waals surface area contributed by atoms with Crippen LogP contribution in [0, 0.1) is 0 Å². The summed E-state index contributed by atoms with van der Waals surface area (Å²) in [5, 5.41) is 8.67. The van der Waals surface area contributed by atoms with Gasteiger partial charge in [0.25, 0.3) is 0 Å². The Hall–Kier alpha value is -1.42. The Morgan fingerprint density at radius 2 is 2.00 bits per heavy atom. The third kappa shape index (κ3) is 3.67. The van der Waals surface area contributed by atoms with Crippen molar-refractivity contribution in [3.63, 3.8) is 0 Å². The highest BCUT2D eigenvalue weighted by atomic mass is 32.2. The molecule has 0 radical (unpaired) electrons. The molecule has 0 spiro atoms. The highest BCUT2D eigenvalue weighted by Gasteiger charge is 2.03. The zero-order chi connectivity index (χ0) is 11.3. The van der Waals surface area contributed by atoms with Crippen LogP contribution in [0.25, 0.3) is 0 Å². The second-order valence-corrected chi connectivity index (χ2v) is 4.54. The van der Waals surface area contributed by atoms with Crippen molar-refractivity contribution < 1.29 is 14.1 Å². The lowest BCUT2D eigenvalue weighted by molar-refractivity contribution is 0.0697. The molecule has 1 aromatic rings. The molecular formula is C11H12O3S. The van der Waals surface area contributed by atoms with E-state index in [4.69, 9.17) is 5.11 Å². The summed E-state index contributed by atoms with van der Waals surface area (Å²) in [6, 6.07) is 6.40. The molecule has 1 N–H and O–H groups in total. The number of carbonyl (C=O) groups is 1. The van der Waals surface area contributed by atoms with Gasteiger partial charge >= 0.3 is 5.97 Å². The van der Waals surface area contributed by atoms with E-state index in [1.807, 2.05) is 0 Å². The molecule has 0 aliphatic heterocycles. The molecule has 15 heavy (non-hydrogen) atoms. The van der Waals surface area contributed by atoms with Crippen LogP contribution >= 0.6 is 0 Å². The van der Waals surface area contributed by atoms with E-state index in [1.54, 1.807) is 18.2 Å². The van der Waals surface area contributed by atoms with Gasteiger partial charge in [-0.05, 0) is 17.7 Å². The van der Waals surface area contributed by atoms with E-state index in [9.17, 15) is 9.00 Å². The SMILES string of the molecule is C=CCS(=O)Cc1ccc(C(=O)O)cc1. The quantitative estimate of drug-likeness (QED) is 0.776. The fraction of sp³-hybridized carbons (Fsp3) is 0.182. The van der Waals surface area contributed by atoms with Crippen molar-refractivity contribution in [2.45, 2.75) is 5.75 Å². The lowest BCUT2D eigenvalue weighted by atomic mass is 10.1. The smallest absolute Gasteiger partial charge is 0.335 e. The van der Waals surface area contributed by atoms with Crippen LogP contribution in [0.4, 0.5) is 0 Å². The van der Waals surface area contributed by atoms with Crippen LogP contribution in [0.1, 0.15) is 15.9 Å². The third-order valence-electron chi connectivity index (χ3n) is 1.83. The van der Waals surface area contributed by atoms with E-state index in [-0.39, 0.29) is 5.56 Å². The maximum absolute atomic E-state index is 11.4. The van der Waals surface area contributed by atoms with Crippen LogP contribution < -0.4 is 0 Å². The molecule has 0 aliphatic carbocycles. The first-order chi connectivity index (χ1) is 7.13. The van der Waals surface area contributed by atoms with Crippen LogP contribution in [0.15, 0.2) is 36.9 Å². The van der Waals surface area contributed by atoms with Crippen molar-refractivity contribution in [1.29, 1.82) is 0 Å². The standard InChI is InChI=1S/C11H12O3S/c1-2-7-15(14)8-9-3-5-10(6-4-9)11(12)13/h2-6H,1,7-8H2,(H,12,13). The Balaban J connectivity index is 2.68. The van der Waals surface area contributed by atoms with Gasteiger partial charge < -0.3 is 5.11 Å². The van der Waals surface area contributed by atoms with Crippen molar-refractivity contribution in [3.05, 3.63) is 48.0 Å². The molecule has 0 saturated heterocycles. The van der Waals surface area contributed by atoms with Crippen molar-refractivity contribution in [2.75, 3.05) is 5.75 Å². The van der Waals surface area contributed by atoms with Gasteiger partial charge in [-0.15, -0.1) is 6.58 Å². The minimum atomic E-state index is -0.954. The molecule has 0 aliphatic rings. The van der Waals surface area contributed by atoms with Crippen LogP contribution in [0.2, 0.25) is 0 Å². The number of rotatable bonds is 5. The molecule has 3 nitrogen and oxygen atoms in total. The van der Waals surface area contributed by atoms with E-state index in [1.165, 1.54) is 12.1 Å². The predicted molar refractivity (Wildman–Crippen MR) is 60.3 cm³/mol. The summed E-state index contributed by atoms with van der Waals surface area (Å²) in [4.78, 5) is 10.6. The van der Waals surface area contributed by atoms with E-state index in [0.29, 0.717) is 11.5 Å². The molecule has 1 unspecified atom stereocenters. The van der Waals surface area contributed by atoms with Crippen LogP contribution in [0.5, 0.6) is 0 Å². The summed E-state index contributed by atoms with van der Waals surface area (Å²) in [6.07, 6.45) is 1.61. The van der Waals surface area contributed by atoms with Crippen molar-refractivity contribution >= 4 is 16.8 Å². The molecule has 4 heteroatoms. The second-order valence-electron chi connectivity index (χ2n) is 3.04. The van der Waals surface area contributed by atoms with E-state index in [2.05, 4.69) is 6.58 Å². The summed E-state index contributed by atoms with van der Waals surface area (Å²) in [6.45, 7) is 3.51. The van der Waals surface area contributed by atoms with Gasteiger partial charge in [0.05, 0.1) is 5.56 Å². The van der Waals surface area contributed by atoms with Gasteiger partial charge in [-0.3, -0.25) is 4.21 Å². The van der Waals surface area contributed by atoms with E-state index < -0.39 is 16.8 Å². The van der Waals surface area contributed by atoms with Crippen LogP contribution in [0.3, 0.4) is 0 Å². The van der Waals surface area contributed by atoms with Gasteiger partial charge in [-0.25, -0.2) is 4.79 Å². The predicted octanol–water partition coefficient (Wildman–Crippen LogP) is 1.82. The average Bonchev–Trinajstić information content (AvgIpc) is 2.18. The number of hydrogen-bond acceptors (Lipinski definition) is 2. The summed E-state index contributed by atoms with van der Waals surface area (Å²) in [5.74, 6) is -0.0548. The van der Waals surface area contributed by atoms with Crippen molar-refractivity contribution in [3.8, 4) is 0 Å². The third-order valence-corrected chi connectivity index (χ3v) is 3.10. The molecule has 0 aromatic heterocycles. The number of carboxylic acid groups (broad SMARTS) is 1. The highest BCUT2D eigenvalue weighted by Crippen LogP contribution is 2.07. The summed E-state index contributed by atoms with van der Waals surface area (Å²) >= 11 is 0. The first kappa shape index (κ1) is 11.7. The van der Waals surface area contributed by atoms with Gasteiger partial charge in [-0.2, -0.15) is 0 Å². The van der Waals surface area contributed by atoms with Crippen LogP contribution in [-0.2, 0) is 16.6 Å². The molecule has 0 heterocycles. The fourth-order valence-electron chi connectivity index (χ4n) is 1.12. The fourth-order valence-corrected chi connectivity index (χ4v) is 2.06. The second kappa shape index (κ2) is 5.46. The number of hydrogen-bond donors (Lipinski definition) is 1. The lowest BCUT2D eigenvalue weighted by Gasteiger charge is -2.00. The molecule has 0 bridgehead atoms. The zero-order valence-electron chi connectivity index (χ0n) is 8.18. The van der Waals surface area contributed by atoms with Gasteiger partial charge in [-0.1, -0.05) is 18.2 Å². The molecule has 1 rings (SSSR count). The Bertz CT molecular complexity index is 381. The molecule has 80 valence electrons. The maximum atomic E-state index is 11.4. The highest BCUT2D eigenvalue weighted by molar-refractivity contribution is 7.84. The molecule has 1 aromatic carbocycles. The zero-order valence-corrected chi connectivity index (χ0v) is 9.00.